The topological polar surface area (TPSA) is 107 Å². The highest BCUT2D eigenvalue weighted by atomic mass is 32.2. The Morgan fingerprint density at radius 2 is 1.60 bits per heavy atom. The van der Waals surface area contributed by atoms with Crippen LogP contribution in [-0.4, -0.2) is 55.1 Å². The zero-order valence-electron chi connectivity index (χ0n) is 13.5. The number of aliphatic hydroxyl groups excluding tert-OH is 2. The van der Waals surface area contributed by atoms with Crippen LogP contribution in [-0.2, 0) is 10.0 Å². The zero-order chi connectivity index (χ0) is 18.3. The minimum Gasteiger partial charge on any atom is -0.395 e. The number of para-hydroxylation sites is 1. The molecule has 0 radical (unpaired) electrons. The molecular formula is C17H20N2O5S. The van der Waals surface area contributed by atoms with Crippen LogP contribution in [0.15, 0.2) is 59.5 Å². The van der Waals surface area contributed by atoms with Crippen molar-refractivity contribution in [3.05, 3.63) is 60.2 Å². The van der Waals surface area contributed by atoms with Crippen LogP contribution in [0.4, 0.5) is 5.69 Å². The lowest BCUT2D eigenvalue weighted by Gasteiger charge is -2.20. The van der Waals surface area contributed by atoms with E-state index in [-0.39, 0.29) is 36.8 Å². The van der Waals surface area contributed by atoms with Crippen molar-refractivity contribution in [3.8, 4) is 0 Å². The van der Waals surface area contributed by atoms with Crippen molar-refractivity contribution in [2.75, 3.05) is 31.6 Å². The fourth-order valence-electron chi connectivity index (χ4n) is 2.25. The Balaban J connectivity index is 2.26. The molecule has 0 unspecified atom stereocenters. The first-order valence-electron chi connectivity index (χ1n) is 7.67. The molecule has 0 aliphatic heterocycles. The van der Waals surface area contributed by atoms with E-state index in [9.17, 15) is 13.2 Å². The number of aliphatic hydroxyl groups is 2. The Morgan fingerprint density at radius 1 is 0.960 bits per heavy atom. The summed E-state index contributed by atoms with van der Waals surface area (Å²) in [4.78, 5) is 12.2. The Hall–Kier alpha value is -2.26. The van der Waals surface area contributed by atoms with Gasteiger partial charge in [0.2, 0.25) is 10.0 Å². The third kappa shape index (κ3) is 4.86. The first-order valence-corrected chi connectivity index (χ1v) is 9.11. The number of benzene rings is 2. The van der Waals surface area contributed by atoms with Crippen molar-refractivity contribution < 1.29 is 23.4 Å². The van der Waals surface area contributed by atoms with Crippen molar-refractivity contribution in [1.82, 2.24) is 4.31 Å². The average Bonchev–Trinajstić information content (AvgIpc) is 2.62. The molecule has 2 rings (SSSR count). The summed E-state index contributed by atoms with van der Waals surface area (Å²) in [6.45, 7) is -1.01. The second-order valence-electron chi connectivity index (χ2n) is 5.20. The van der Waals surface area contributed by atoms with Crippen molar-refractivity contribution >= 4 is 21.6 Å². The summed E-state index contributed by atoms with van der Waals surface area (Å²) in [7, 11) is -3.92. The molecule has 25 heavy (non-hydrogen) atoms. The van der Waals surface area contributed by atoms with Gasteiger partial charge in [-0.25, -0.2) is 8.42 Å². The second kappa shape index (κ2) is 8.72. The van der Waals surface area contributed by atoms with Crippen LogP contribution in [0.2, 0.25) is 0 Å². The van der Waals surface area contributed by atoms with Gasteiger partial charge in [0.1, 0.15) is 0 Å². The molecule has 134 valence electrons. The van der Waals surface area contributed by atoms with Crippen LogP contribution in [0.25, 0.3) is 0 Å². The maximum absolute atomic E-state index is 12.6. The number of hydrogen-bond donors (Lipinski definition) is 3. The predicted octanol–water partition coefficient (Wildman–Crippen LogP) is 0.914. The van der Waals surface area contributed by atoms with E-state index in [0.717, 1.165) is 4.31 Å². The van der Waals surface area contributed by atoms with Crippen LogP contribution in [0.1, 0.15) is 10.4 Å². The number of rotatable bonds is 8. The predicted molar refractivity (Wildman–Crippen MR) is 93.8 cm³/mol. The highest BCUT2D eigenvalue weighted by molar-refractivity contribution is 7.89. The molecule has 0 spiro atoms. The minimum atomic E-state index is -3.92. The van der Waals surface area contributed by atoms with E-state index in [0.29, 0.717) is 5.69 Å². The van der Waals surface area contributed by atoms with Crippen molar-refractivity contribution in [1.29, 1.82) is 0 Å². The fourth-order valence-corrected chi connectivity index (χ4v) is 3.72. The Bertz CT molecular complexity index is 803. The van der Waals surface area contributed by atoms with E-state index in [1.54, 1.807) is 24.3 Å². The van der Waals surface area contributed by atoms with E-state index in [2.05, 4.69) is 5.32 Å². The Morgan fingerprint density at radius 3 is 2.20 bits per heavy atom. The number of nitrogens with one attached hydrogen (secondary N) is 1. The lowest BCUT2D eigenvalue weighted by Crippen LogP contribution is -2.36. The van der Waals surface area contributed by atoms with Crippen LogP contribution >= 0.6 is 0 Å². The first kappa shape index (κ1) is 19.1. The number of anilines is 1. The van der Waals surface area contributed by atoms with Gasteiger partial charge in [0, 0.05) is 24.3 Å². The molecule has 0 bridgehead atoms. The number of carbonyl (C=O) groups excluding carboxylic acids is 1. The molecule has 0 fully saturated rings. The number of hydrogen-bond acceptors (Lipinski definition) is 5. The maximum Gasteiger partial charge on any atom is 0.255 e. The highest BCUT2D eigenvalue weighted by Gasteiger charge is 2.24. The van der Waals surface area contributed by atoms with Gasteiger partial charge in [-0.1, -0.05) is 24.3 Å². The monoisotopic (exact) mass is 364 g/mol. The molecule has 0 atom stereocenters. The molecule has 0 aliphatic carbocycles. The minimum absolute atomic E-state index is 0.0740. The fraction of sp³-hybridized carbons (Fsp3) is 0.235. The van der Waals surface area contributed by atoms with Crippen LogP contribution in [0.3, 0.4) is 0 Å². The van der Waals surface area contributed by atoms with Crippen LogP contribution < -0.4 is 5.32 Å². The average molecular weight is 364 g/mol. The summed E-state index contributed by atoms with van der Waals surface area (Å²) in [6, 6.07) is 14.5. The number of nitrogens with zero attached hydrogens (tertiary/aromatic N) is 1. The molecule has 2 aromatic carbocycles. The quantitative estimate of drug-likeness (QED) is 0.646. The van der Waals surface area contributed by atoms with Crippen LogP contribution in [0.5, 0.6) is 0 Å². The summed E-state index contributed by atoms with van der Waals surface area (Å²) in [5.41, 5.74) is 0.792. The van der Waals surface area contributed by atoms with Crippen molar-refractivity contribution in [2.45, 2.75) is 4.90 Å². The molecule has 0 aliphatic rings. The van der Waals surface area contributed by atoms with Crippen molar-refractivity contribution in [3.63, 3.8) is 0 Å². The van der Waals surface area contributed by atoms with Gasteiger partial charge in [-0.15, -0.1) is 0 Å². The molecule has 7 nitrogen and oxygen atoms in total. The summed E-state index contributed by atoms with van der Waals surface area (Å²) in [6.07, 6.45) is 0. The summed E-state index contributed by atoms with van der Waals surface area (Å²) in [5, 5.41) is 20.7. The van der Waals surface area contributed by atoms with Gasteiger partial charge in [0.15, 0.2) is 0 Å². The number of sulfonamides is 1. The molecule has 0 saturated carbocycles. The second-order valence-corrected chi connectivity index (χ2v) is 7.14. The Labute approximate surface area is 146 Å². The number of carbonyl (C=O) groups is 1. The van der Waals surface area contributed by atoms with Gasteiger partial charge in [-0.2, -0.15) is 4.31 Å². The third-order valence-corrected chi connectivity index (χ3v) is 5.36. The van der Waals surface area contributed by atoms with Gasteiger partial charge < -0.3 is 15.5 Å². The van der Waals surface area contributed by atoms with E-state index < -0.39 is 15.9 Å². The zero-order valence-corrected chi connectivity index (χ0v) is 14.3. The van der Waals surface area contributed by atoms with Gasteiger partial charge in [0.25, 0.3) is 5.91 Å². The molecule has 3 N–H and O–H groups in total. The van der Waals surface area contributed by atoms with Crippen LogP contribution in [0, 0.1) is 0 Å². The van der Waals surface area contributed by atoms with Gasteiger partial charge in [0.05, 0.1) is 18.1 Å². The SMILES string of the molecule is O=C(Nc1ccccc1)c1cccc(S(=O)(=O)N(CCO)CCO)c1. The summed E-state index contributed by atoms with van der Waals surface area (Å²) < 4.78 is 26.2. The molecule has 2 aromatic rings. The molecule has 0 heterocycles. The Kier molecular flexibility index (Phi) is 6.65. The lowest BCUT2D eigenvalue weighted by molar-refractivity contribution is 0.102. The first-order chi connectivity index (χ1) is 12.0. The molecule has 1 amide bonds. The van der Waals surface area contributed by atoms with Gasteiger partial charge in [-0.3, -0.25) is 4.79 Å². The largest absolute Gasteiger partial charge is 0.395 e. The molecule has 8 heteroatoms. The normalized spacial score (nSPS) is 11.5. The third-order valence-electron chi connectivity index (χ3n) is 3.46. The van der Waals surface area contributed by atoms with Gasteiger partial charge >= 0.3 is 0 Å². The molecule has 0 saturated heterocycles. The number of amides is 1. The maximum atomic E-state index is 12.6. The summed E-state index contributed by atoms with van der Waals surface area (Å²) >= 11 is 0. The van der Waals surface area contributed by atoms with E-state index in [4.69, 9.17) is 10.2 Å². The molecular weight excluding hydrogens is 344 g/mol. The van der Waals surface area contributed by atoms with Gasteiger partial charge in [-0.05, 0) is 30.3 Å². The highest BCUT2D eigenvalue weighted by Crippen LogP contribution is 2.18. The smallest absolute Gasteiger partial charge is 0.255 e. The van der Waals surface area contributed by atoms with Crippen molar-refractivity contribution in [2.24, 2.45) is 0 Å². The molecule has 0 aromatic heterocycles. The van der Waals surface area contributed by atoms with E-state index in [1.807, 2.05) is 6.07 Å². The van der Waals surface area contributed by atoms with E-state index >= 15 is 0 Å². The lowest BCUT2D eigenvalue weighted by atomic mass is 10.2. The standard InChI is InChI=1S/C17H20N2O5S/c20-11-9-19(10-12-21)25(23,24)16-8-4-5-14(13-16)17(22)18-15-6-2-1-3-7-15/h1-8,13,20-21H,9-12H2,(H,18,22). The summed E-state index contributed by atoms with van der Waals surface area (Å²) in [5.74, 6) is -0.431. The van der Waals surface area contributed by atoms with E-state index in [1.165, 1.54) is 24.3 Å².